The van der Waals surface area contributed by atoms with Gasteiger partial charge in [-0.2, -0.15) is 0 Å². The standard InChI is InChI=1S/C20H19F3N4O2/c21-14-7-24-20(25-8-14)26-18(28)10-27(9-13-6-16(13)22)19(29)12-3-4-15(11-1-2-11)17(23)5-12/h3-5,7-8,11,13,16H,1-2,6,9-10H2,(H,24,25,26,28)/t13-,16-/m0/s1. The molecule has 9 heteroatoms. The van der Waals surface area contributed by atoms with Crippen molar-refractivity contribution in [2.45, 2.75) is 31.4 Å². The molecule has 0 bridgehead atoms. The van der Waals surface area contributed by atoms with Gasteiger partial charge in [0.1, 0.15) is 18.5 Å². The molecule has 2 aliphatic rings. The summed E-state index contributed by atoms with van der Waals surface area (Å²) < 4.78 is 40.6. The summed E-state index contributed by atoms with van der Waals surface area (Å²) in [6.07, 6.45) is 2.97. The molecule has 2 aromatic rings. The van der Waals surface area contributed by atoms with Crippen LogP contribution in [-0.4, -0.2) is 45.9 Å². The zero-order chi connectivity index (χ0) is 20.5. The van der Waals surface area contributed by atoms with Crippen LogP contribution in [0.1, 0.15) is 41.1 Å². The van der Waals surface area contributed by atoms with Crippen molar-refractivity contribution in [2.75, 3.05) is 18.4 Å². The van der Waals surface area contributed by atoms with Gasteiger partial charge in [0.25, 0.3) is 5.91 Å². The molecule has 2 saturated carbocycles. The molecule has 152 valence electrons. The molecular formula is C20H19F3N4O2. The Balaban J connectivity index is 1.47. The lowest BCUT2D eigenvalue weighted by Crippen LogP contribution is -2.39. The Hall–Kier alpha value is -2.97. The van der Waals surface area contributed by atoms with Crippen molar-refractivity contribution < 1.29 is 22.8 Å². The van der Waals surface area contributed by atoms with Gasteiger partial charge in [-0.25, -0.2) is 23.1 Å². The first-order chi connectivity index (χ1) is 13.9. The summed E-state index contributed by atoms with van der Waals surface area (Å²) in [6.45, 7) is -0.335. The number of hydrogen-bond acceptors (Lipinski definition) is 4. The SMILES string of the molecule is O=C(CN(C[C@@H]1C[C@@H]1F)C(=O)c1ccc(C2CC2)c(F)c1)Nc1ncc(F)cn1. The summed E-state index contributed by atoms with van der Waals surface area (Å²) in [5.41, 5.74) is 0.694. The van der Waals surface area contributed by atoms with Gasteiger partial charge in [-0.05, 0) is 42.9 Å². The number of aromatic nitrogens is 2. The number of rotatable bonds is 7. The van der Waals surface area contributed by atoms with Crippen LogP contribution in [0.2, 0.25) is 0 Å². The normalized spacial score (nSPS) is 20.2. The molecule has 4 rings (SSSR count). The molecule has 29 heavy (non-hydrogen) atoms. The molecule has 2 atom stereocenters. The molecule has 6 nitrogen and oxygen atoms in total. The van der Waals surface area contributed by atoms with E-state index < -0.39 is 29.6 Å². The second-order valence-electron chi connectivity index (χ2n) is 7.48. The fraction of sp³-hybridized carbons (Fsp3) is 0.400. The topological polar surface area (TPSA) is 75.2 Å². The average Bonchev–Trinajstić information content (AvgIpc) is 3.61. The Kier molecular flexibility index (Phi) is 5.21. The second kappa shape index (κ2) is 7.81. The predicted octanol–water partition coefficient (Wildman–Crippen LogP) is 3.07. The molecule has 1 aromatic carbocycles. The van der Waals surface area contributed by atoms with Crippen molar-refractivity contribution in [1.29, 1.82) is 0 Å². The Morgan fingerprint density at radius 3 is 2.45 bits per heavy atom. The van der Waals surface area contributed by atoms with Gasteiger partial charge in [0, 0.05) is 18.0 Å². The number of amides is 2. The summed E-state index contributed by atoms with van der Waals surface area (Å²) in [4.78, 5) is 33.6. The van der Waals surface area contributed by atoms with Crippen molar-refractivity contribution in [3.63, 3.8) is 0 Å². The number of halogens is 3. The minimum absolute atomic E-state index is 0.0453. The van der Waals surface area contributed by atoms with Crippen molar-refractivity contribution in [1.82, 2.24) is 14.9 Å². The largest absolute Gasteiger partial charge is 0.329 e. The molecule has 2 aliphatic carbocycles. The Bertz CT molecular complexity index is 934. The van der Waals surface area contributed by atoms with E-state index in [9.17, 15) is 22.8 Å². The maximum Gasteiger partial charge on any atom is 0.254 e. The van der Waals surface area contributed by atoms with Gasteiger partial charge in [-0.15, -0.1) is 0 Å². The molecular weight excluding hydrogens is 385 g/mol. The van der Waals surface area contributed by atoms with E-state index in [0.717, 1.165) is 25.2 Å². The molecule has 0 unspecified atom stereocenters. The van der Waals surface area contributed by atoms with Crippen LogP contribution in [0, 0.1) is 17.6 Å². The van der Waals surface area contributed by atoms with E-state index in [2.05, 4.69) is 15.3 Å². The van der Waals surface area contributed by atoms with E-state index in [1.165, 1.54) is 17.0 Å². The zero-order valence-corrected chi connectivity index (χ0v) is 15.4. The van der Waals surface area contributed by atoms with Crippen LogP contribution in [0.3, 0.4) is 0 Å². The third-order valence-corrected chi connectivity index (χ3v) is 5.05. The van der Waals surface area contributed by atoms with Crippen LogP contribution in [0.4, 0.5) is 19.1 Å². The van der Waals surface area contributed by atoms with Gasteiger partial charge in [-0.1, -0.05) is 6.07 Å². The lowest BCUT2D eigenvalue weighted by Gasteiger charge is -2.22. The number of alkyl halides is 1. The Morgan fingerprint density at radius 2 is 1.86 bits per heavy atom. The molecule has 0 saturated heterocycles. The van der Waals surface area contributed by atoms with Crippen LogP contribution < -0.4 is 5.32 Å². The second-order valence-corrected chi connectivity index (χ2v) is 7.48. The number of hydrogen-bond donors (Lipinski definition) is 1. The van der Waals surface area contributed by atoms with Gasteiger partial charge in [0.15, 0.2) is 5.82 Å². The third-order valence-electron chi connectivity index (χ3n) is 5.05. The highest BCUT2D eigenvalue weighted by atomic mass is 19.1. The Labute approximate surface area is 165 Å². The highest BCUT2D eigenvalue weighted by Gasteiger charge is 2.40. The van der Waals surface area contributed by atoms with Crippen molar-refractivity contribution in [3.05, 3.63) is 53.4 Å². The van der Waals surface area contributed by atoms with Gasteiger partial charge < -0.3 is 4.90 Å². The molecule has 2 amide bonds. The first kappa shape index (κ1) is 19.4. The first-order valence-electron chi connectivity index (χ1n) is 9.41. The van der Waals surface area contributed by atoms with E-state index in [1.807, 2.05) is 0 Å². The number of carbonyl (C=O) groups excluding carboxylic acids is 2. The lowest BCUT2D eigenvalue weighted by molar-refractivity contribution is -0.117. The van der Waals surface area contributed by atoms with E-state index in [-0.39, 0.29) is 36.4 Å². The first-order valence-corrected chi connectivity index (χ1v) is 9.41. The van der Waals surface area contributed by atoms with Crippen LogP contribution in [0.5, 0.6) is 0 Å². The highest BCUT2D eigenvalue weighted by Crippen LogP contribution is 2.41. The smallest absolute Gasteiger partial charge is 0.254 e. The summed E-state index contributed by atoms with van der Waals surface area (Å²) in [7, 11) is 0. The molecule has 2 fully saturated rings. The fourth-order valence-corrected chi connectivity index (χ4v) is 3.18. The van der Waals surface area contributed by atoms with E-state index >= 15 is 0 Å². The Morgan fingerprint density at radius 1 is 1.17 bits per heavy atom. The number of nitrogens with zero attached hydrogens (tertiary/aromatic N) is 3. The van der Waals surface area contributed by atoms with Crippen LogP contribution >= 0.6 is 0 Å². The minimum atomic E-state index is -1.01. The maximum atomic E-state index is 14.3. The quantitative estimate of drug-likeness (QED) is 0.770. The molecule has 1 N–H and O–H groups in total. The van der Waals surface area contributed by atoms with Crippen LogP contribution in [0.15, 0.2) is 30.6 Å². The van der Waals surface area contributed by atoms with Crippen LogP contribution in [0.25, 0.3) is 0 Å². The summed E-state index contributed by atoms with van der Waals surface area (Å²) >= 11 is 0. The van der Waals surface area contributed by atoms with Crippen molar-refractivity contribution in [3.8, 4) is 0 Å². The summed E-state index contributed by atoms with van der Waals surface area (Å²) in [6, 6.07) is 4.30. The predicted molar refractivity (Wildman–Crippen MR) is 97.9 cm³/mol. The number of carbonyl (C=O) groups is 2. The molecule has 0 spiro atoms. The molecule has 1 heterocycles. The number of nitrogens with one attached hydrogen (secondary N) is 1. The minimum Gasteiger partial charge on any atom is -0.329 e. The number of benzene rings is 1. The molecule has 0 radical (unpaired) electrons. The van der Waals surface area contributed by atoms with E-state index in [4.69, 9.17) is 0 Å². The van der Waals surface area contributed by atoms with E-state index in [0.29, 0.717) is 12.0 Å². The van der Waals surface area contributed by atoms with Gasteiger partial charge in [-0.3, -0.25) is 14.9 Å². The molecule has 1 aromatic heterocycles. The average molecular weight is 404 g/mol. The van der Waals surface area contributed by atoms with Gasteiger partial charge in [0.05, 0.1) is 12.4 Å². The molecule has 0 aliphatic heterocycles. The van der Waals surface area contributed by atoms with E-state index in [1.54, 1.807) is 6.07 Å². The van der Waals surface area contributed by atoms with Gasteiger partial charge in [0.2, 0.25) is 11.9 Å². The third kappa shape index (κ3) is 4.72. The summed E-state index contributed by atoms with van der Waals surface area (Å²) in [5, 5.41) is 2.36. The zero-order valence-electron chi connectivity index (χ0n) is 15.4. The maximum absolute atomic E-state index is 14.3. The van der Waals surface area contributed by atoms with Gasteiger partial charge >= 0.3 is 0 Å². The van der Waals surface area contributed by atoms with Crippen LogP contribution in [-0.2, 0) is 4.79 Å². The monoisotopic (exact) mass is 404 g/mol. The highest BCUT2D eigenvalue weighted by molar-refractivity contribution is 5.99. The fourth-order valence-electron chi connectivity index (χ4n) is 3.18. The summed E-state index contributed by atoms with van der Waals surface area (Å²) in [5.74, 6) is -2.52. The van der Waals surface area contributed by atoms with Crippen molar-refractivity contribution >= 4 is 17.8 Å². The van der Waals surface area contributed by atoms with Crippen molar-refractivity contribution in [2.24, 2.45) is 5.92 Å². The lowest BCUT2D eigenvalue weighted by atomic mass is 10.1. The number of anilines is 1.